The van der Waals surface area contributed by atoms with Crippen LogP contribution in [0.2, 0.25) is 0 Å². The molecule has 2 N–H and O–H groups in total. The number of imidazole rings is 1. The Bertz CT molecular complexity index is 292. The molecule has 0 atom stereocenters. The fraction of sp³-hybridized carbons (Fsp3) is 0.571. The Morgan fingerprint density at radius 2 is 2.08 bits per heavy atom. The molecule has 0 fully saturated rings. The molecule has 0 spiro atoms. The predicted octanol–water partition coefficient (Wildman–Crippen LogP) is 1.79. The Morgan fingerprint density at radius 1 is 1.31 bits per heavy atom. The summed E-state index contributed by atoms with van der Waals surface area (Å²) in [4.78, 5) is 5.71. The zero-order valence-corrected chi connectivity index (χ0v) is 6.70. The Balaban J connectivity index is 2.36. The number of hydrogen-bond acceptors (Lipinski definition) is 2. The van der Waals surface area contributed by atoms with Gasteiger partial charge in [0.15, 0.2) is 0 Å². The second-order valence-corrected chi connectivity index (χ2v) is 2.94. The van der Waals surface area contributed by atoms with Crippen LogP contribution in [0.1, 0.15) is 17.9 Å². The number of nitrogens with zero attached hydrogens (tertiary/aromatic N) is 1. The van der Waals surface area contributed by atoms with Gasteiger partial charge in [0.1, 0.15) is 5.82 Å². The summed E-state index contributed by atoms with van der Waals surface area (Å²) in [6.45, 7) is 0.690. The van der Waals surface area contributed by atoms with Gasteiger partial charge in [0.25, 0.3) is 0 Å². The zero-order valence-electron chi connectivity index (χ0n) is 6.70. The average molecular weight is 191 g/mol. The van der Waals surface area contributed by atoms with Crippen molar-refractivity contribution in [2.45, 2.75) is 19.0 Å². The average Bonchev–Trinajstić information content (AvgIpc) is 2.45. The maximum absolute atomic E-state index is 12.2. The molecule has 72 valence electrons. The summed E-state index contributed by atoms with van der Waals surface area (Å²) in [6, 6.07) is 0. The van der Waals surface area contributed by atoms with Gasteiger partial charge in [-0.25, -0.2) is 4.98 Å². The van der Waals surface area contributed by atoms with Crippen LogP contribution in [0.25, 0.3) is 0 Å². The summed E-state index contributed by atoms with van der Waals surface area (Å²) in [7, 11) is 0. The van der Waals surface area contributed by atoms with E-state index in [-0.39, 0.29) is 0 Å². The van der Waals surface area contributed by atoms with E-state index in [9.17, 15) is 13.2 Å². The first-order chi connectivity index (χ1) is 6.07. The molecule has 1 aliphatic heterocycles. The first-order valence-electron chi connectivity index (χ1n) is 3.97. The number of aryl methyl sites for hydroxylation is 1. The second-order valence-electron chi connectivity index (χ2n) is 2.94. The normalized spacial score (nSPS) is 16.5. The van der Waals surface area contributed by atoms with Gasteiger partial charge in [-0.15, -0.1) is 0 Å². The van der Waals surface area contributed by atoms with E-state index >= 15 is 0 Å². The molecule has 0 aliphatic carbocycles. The lowest BCUT2D eigenvalue weighted by atomic mass is 10.2. The smallest absolute Gasteiger partial charge is 0.369 e. The van der Waals surface area contributed by atoms with Crippen molar-refractivity contribution in [2.24, 2.45) is 0 Å². The highest BCUT2D eigenvalue weighted by molar-refractivity contribution is 5.43. The second kappa shape index (κ2) is 2.65. The maximum Gasteiger partial charge on any atom is 0.449 e. The fourth-order valence-corrected chi connectivity index (χ4v) is 1.34. The van der Waals surface area contributed by atoms with E-state index in [1.165, 1.54) is 0 Å². The third kappa shape index (κ3) is 1.48. The third-order valence-electron chi connectivity index (χ3n) is 1.94. The number of rotatable bonds is 0. The van der Waals surface area contributed by atoms with E-state index < -0.39 is 12.0 Å². The largest absolute Gasteiger partial charge is 0.449 e. The molecule has 0 aromatic carbocycles. The van der Waals surface area contributed by atoms with Crippen LogP contribution < -0.4 is 5.32 Å². The molecule has 0 amide bonds. The summed E-state index contributed by atoms with van der Waals surface area (Å²) in [5, 5.41) is 2.81. The van der Waals surface area contributed by atoms with Gasteiger partial charge in [-0.05, 0) is 12.8 Å². The van der Waals surface area contributed by atoms with Crippen LogP contribution in [0.15, 0.2) is 0 Å². The molecule has 0 unspecified atom stereocenters. The van der Waals surface area contributed by atoms with Gasteiger partial charge in [0, 0.05) is 6.54 Å². The van der Waals surface area contributed by atoms with Crippen molar-refractivity contribution >= 4 is 5.82 Å². The Hall–Kier alpha value is -1.20. The van der Waals surface area contributed by atoms with Crippen molar-refractivity contribution in [1.29, 1.82) is 0 Å². The Kier molecular flexibility index (Phi) is 1.71. The number of aromatic nitrogens is 2. The molecule has 1 aliphatic rings. The highest BCUT2D eigenvalue weighted by Gasteiger charge is 2.36. The summed E-state index contributed by atoms with van der Waals surface area (Å²) in [5.41, 5.74) is 0.554. The van der Waals surface area contributed by atoms with E-state index in [2.05, 4.69) is 15.3 Å². The summed E-state index contributed by atoms with van der Waals surface area (Å²) < 4.78 is 36.5. The van der Waals surface area contributed by atoms with Crippen LogP contribution in [0.5, 0.6) is 0 Å². The minimum Gasteiger partial charge on any atom is -0.369 e. The van der Waals surface area contributed by atoms with Gasteiger partial charge in [0.05, 0.1) is 5.69 Å². The molecule has 0 saturated heterocycles. The molecule has 2 rings (SSSR count). The van der Waals surface area contributed by atoms with Crippen molar-refractivity contribution in [3.05, 3.63) is 11.5 Å². The molecule has 0 saturated carbocycles. The molecular weight excluding hydrogens is 183 g/mol. The molecule has 1 aromatic rings. The van der Waals surface area contributed by atoms with Gasteiger partial charge in [0.2, 0.25) is 5.82 Å². The fourth-order valence-electron chi connectivity index (χ4n) is 1.34. The van der Waals surface area contributed by atoms with Gasteiger partial charge >= 0.3 is 6.18 Å². The van der Waals surface area contributed by atoms with Crippen molar-refractivity contribution in [2.75, 3.05) is 11.9 Å². The van der Waals surface area contributed by atoms with Crippen LogP contribution in [-0.2, 0) is 12.6 Å². The third-order valence-corrected chi connectivity index (χ3v) is 1.94. The molecule has 2 heterocycles. The first kappa shape index (κ1) is 8.40. The Morgan fingerprint density at radius 3 is 2.69 bits per heavy atom. The van der Waals surface area contributed by atoms with Crippen LogP contribution in [0.3, 0.4) is 0 Å². The SMILES string of the molecule is FC(F)(F)c1nc2c([nH]1)CCCN2. The lowest BCUT2D eigenvalue weighted by Crippen LogP contribution is -2.10. The molecule has 3 nitrogen and oxygen atoms in total. The number of halogens is 3. The van der Waals surface area contributed by atoms with E-state index in [1.807, 2.05) is 0 Å². The van der Waals surface area contributed by atoms with Gasteiger partial charge in [-0.1, -0.05) is 0 Å². The minimum absolute atomic E-state index is 0.346. The number of alkyl halides is 3. The summed E-state index contributed by atoms with van der Waals surface area (Å²) in [5.74, 6) is -0.564. The van der Waals surface area contributed by atoms with E-state index in [0.29, 0.717) is 24.5 Å². The van der Waals surface area contributed by atoms with Crippen molar-refractivity contribution in [3.8, 4) is 0 Å². The molecular formula is C7H8F3N3. The lowest BCUT2D eigenvalue weighted by molar-refractivity contribution is -0.144. The van der Waals surface area contributed by atoms with Crippen LogP contribution in [0, 0.1) is 0 Å². The van der Waals surface area contributed by atoms with Gasteiger partial charge in [-0.2, -0.15) is 13.2 Å². The van der Waals surface area contributed by atoms with Crippen LogP contribution >= 0.6 is 0 Å². The quantitative estimate of drug-likeness (QED) is 0.656. The zero-order chi connectivity index (χ0) is 9.47. The lowest BCUT2D eigenvalue weighted by Gasteiger charge is -2.10. The monoisotopic (exact) mass is 191 g/mol. The number of aromatic amines is 1. The number of hydrogen-bond donors (Lipinski definition) is 2. The number of H-pyrrole nitrogens is 1. The van der Waals surface area contributed by atoms with Crippen LogP contribution in [0.4, 0.5) is 19.0 Å². The maximum atomic E-state index is 12.2. The minimum atomic E-state index is -4.38. The van der Waals surface area contributed by atoms with E-state index in [0.717, 1.165) is 6.42 Å². The number of fused-ring (bicyclic) bond motifs is 1. The van der Waals surface area contributed by atoms with E-state index in [4.69, 9.17) is 0 Å². The number of nitrogens with one attached hydrogen (secondary N) is 2. The summed E-state index contributed by atoms with van der Waals surface area (Å²) in [6.07, 6.45) is -2.91. The van der Waals surface area contributed by atoms with Crippen molar-refractivity contribution in [1.82, 2.24) is 9.97 Å². The van der Waals surface area contributed by atoms with E-state index in [1.54, 1.807) is 0 Å². The van der Waals surface area contributed by atoms with Crippen molar-refractivity contribution in [3.63, 3.8) is 0 Å². The van der Waals surface area contributed by atoms with Crippen LogP contribution in [-0.4, -0.2) is 16.5 Å². The standard InChI is InChI=1S/C7H8F3N3/c8-7(9,10)6-12-4-2-1-3-11-5(4)13-6/h11H,1-3H2,(H,12,13). The molecule has 13 heavy (non-hydrogen) atoms. The topological polar surface area (TPSA) is 40.7 Å². The van der Waals surface area contributed by atoms with Gasteiger partial charge < -0.3 is 10.3 Å². The highest BCUT2D eigenvalue weighted by Crippen LogP contribution is 2.30. The van der Waals surface area contributed by atoms with Crippen molar-refractivity contribution < 1.29 is 13.2 Å². The van der Waals surface area contributed by atoms with Gasteiger partial charge in [-0.3, -0.25) is 0 Å². The molecule has 6 heteroatoms. The Labute approximate surface area is 72.4 Å². The predicted molar refractivity (Wildman–Crippen MR) is 40.4 cm³/mol. The first-order valence-corrected chi connectivity index (χ1v) is 3.97. The summed E-state index contributed by atoms with van der Waals surface area (Å²) >= 11 is 0. The number of anilines is 1. The highest BCUT2D eigenvalue weighted by atomic mass is 19.4. The molecule has 0 bridgehead atoms. The molecule has 0 radical (unpaired) electrons. The molecule has 1 aromatic heterocycles.